The summed E-state index contributed by atoms with van der Waals surface area (Å²) in [5.74, 6) is -4.12. The second kappa shape index (κ2) is 8.65. The number of nitrogens with one attached hydrogen (secondary N) is 2. The van der Waals surface area contributed by atoms with Crippen LogP contribution in [0.4, 0.5) is 0 Å². The number of likely N-dealkylation sites (N-methyl/N-ethyl adjacent to an activating group) is 1. The van der Waals surface area contributed by atoms with Crippen molar-refractivity contribution in [2.75, 3.05) is 13.6 Å². The Labute approximate surface area is 155 Å². The molecule has 0 saturated carbocycles. The predicted octanol–water partition coefficient (Wildman–Crippen LogP) is 1.25. The van der Waals surface area contributed by atoms with Crippen LogP contribution in [0.15, 0.2) is 18.2 Å². The van der Waals surface area contributed by atoms with Crippen LogP contribution < -0.4 is 5.48 Å². The first kappa shape index (κ1) is 20.4. The summed E-state index contributed by atoms with van der Waals surface area (Å²) in [4.78, 5) is 35.6. The zero-order valence-electron chi connectivity index (χ0n) is 15.2. The number of benzene rings is 1. The number of hydrogen-bond acceptors (Lipinski definition) is 5. The molecular weight excluding hydrogens is 354 g/mol. The first-order chi connectivity index (χ1) is 12.8. The van der Waals surface area contributed by atoms with Gasteiger partial charge >= 0.3 is 11.9 Å². The van der Waals surface area contributed by atoms with Crippen LogP contribution in [0, 0.1) is 0 Å². The number of aliphatic carboxylic acids is 2. The Morgan fingerprint density at radius 2 is 1.93 bits per heavy atom. The second-order valence-electron chi connectivity index (χ2n) is 6.36. The van der Waals surface area contributed by atoms with Gasteiger partial charge in [-0.3, -0.25) is 10.0 Å². The smallest absolute Gasteiger partial charge is 0.414 e. The molecule has 0 fully saturated rings. The number of hydrogen-bond donors (Lipinski definition) is 5. The van der Waals surface area contributed by atoms with Crippen molar-refractivity contribution in [3.63, 3.8) is 0 Å². The molecule has 1 aliphatic carbocycles. The lowest BCUT2D eigenvalue weighted by atomic mass is 9.90. The predicted molar refractivity (Wildman–Crippen MR) is 96.9 cm³/mol. The highest BCUT2D eigenvalue weighted by Crippen LogP contribution is 2.31. The number of hydroxylamine groups is 1. The van der Waals surface area contributed by atoms with Crippen LogP contribution in [0.2, 0.25) is 0 Å². The van der Waals surface area contributed by atoms with Crippen LogP contribution in [0.5, 0.6) is 0 Å². The molecule has 2 aromatic rings. The van der Waals surface area contributed by atoms with Crippen LogP contribution in [-0.2, 0) is 22.4 Å². The third-order valence-electron chi connectivity index (χ3n) is 4.83. The van der Waals surface area contributed by atoms with Gasteiger partial charge in [-0.15, -0.1) is 0 Å². The maximum Gasteiger partial charge on any atom is 0.414 e. The van der Waals surface area contributed by atoms with Crippen LogP contribution in [0.1, 0.15) is 35.0 Å². The molecule has 1 heterocycles. The molecule has 1 unspecified atom stereocenters. The molecule has 9 nitrogen and oxygen atoms in total. The summed E-state index contributed by atoms with van der Waals surface area (Å²) in [6.07, 6.45) is 3.21. The molecule has 1 atom stereocenters. The van der Waals surface area contributed by atoms with Crippen molar-refractivity contribution in [2.24, 2.45) is 0 Å². The fourth-order valence-corrected chi connectivity index (χ4v) is 3.24. The standard InChI is InChI=1S/C16H21N3O2.C2H2O4/c1-3-19(2)11-5-7-15-13(9-11)12-8-10(16(20)18-21)4-6-14(12)17-15;3-1(4)2(5)6/h4,6,8,11,17,21H,3,5,7,9H2,1-2H3,(H,18,20);(H,3,4)(H,5,6). The highest BCUT2D eigenvalue weighted by atomic mass is 16.5. The van der Waals surface area contributed by atoms with E-state index in [0.717, 1.165) is 36.7 Å². The van der Waals surface area contributed by atoms with E-state index < -0.39 is 17.8 Å². The lowest BCUT2D eigenvalue weighted by Gasteiger charge is -2.30. The number of carboxylic acids is 2. The van der Waals surface area contributed by atoms with E-state index >= 15 is 0 Å². The first-order valence-electron chi connectivity index (χ1n) is 8.52. The number of fused-ring (bicyclic) bond motifs is 3. The van der Waals surface area contributed by atoms with E-state index in [2.05, 4.69) is 23.9 Å². The highest BCUT2D eigenvalue weighted by Gasteiger charge is 2.24. The minimum absolute atomic E-state index is 0.468. The van der Waals surface area contributed by atoms with Gasteiger partial charge in [0.25, 0.3) is 5.91 Å². The van der Waals surface area contributed by atoms with Crippen LogP contribution >= 0.6 is 0 Å². The number of nitrogens with zero attached hydrogens (tertiary/aromatic N) is 1. The molecule has 27 heavy (non-hydrogen) atoms. The van der Waals surface area contributed by atoms with E-state index in [-0.39, 0.29) is 0 Å². The Bertz CT molecular complexity index is 848. The summed E-state index contributed by atoms with van der Waals surface area (Å²) in [7, 11) is 2.16. The van der Waals surface area contributed by atoms with Crippen molar-refractivity contribution in [1.29, 1.82) is 0 Å². The summed E-state index contributed by atoms with van der Waals surface area (Å²) < 4.78 is 0. The first-order valence-corrected chi connectivity index (χ1v) is 8.52. The number of H-pyrrole nitrogens is 1. The minimum atomic E-state index is -1.82. The van der Waals surface area contributed by atoms with Crippen molar-refractivity contribution in [3.8, 4) is 0 Å². The molecular formula is C18H23N3O6. The zero-order valence-corrected chi connectivity index (χ0v) is 15.2. The molecule has 0 saturated heterocycles. The van der Waals surface area contributed by atoms with Gasteiger partial charge < -0.3 is 20.1 Å². The van der Waals surface area contributed by atoms with Crippen molar-refractivity contribution < 1.29 is 29.8 Å². The maximum atomic E-state index is 11.6. The van der Waals surface area contributed by atoms with Gasteiger partial charge in [-0.2, -0.15) is 0 Å². The molecule has 1 aromatic heterocycles. The average Bonchev–Trinajstić information content (AvgIpc) is 3.04. The maximum absolute atomic E-state index is 11.6. The molecule has 1 aromatic carbocycles. The molecule has 1 aliphatic rings. The number of aromatic amines is 1. The lowest BCUT2D eigenvalue weighted by Crippen LogP contribution is -2.36. The van der Waals surface area contributed by atoms with Crippen molar-refractivity contribution >= 4 is 28.7 Å². The Kier molecular flexibility index (Phi) is 6.54. The number of rotatable bonds is 3. The Hall–Kier alpha value is -2.91. The van der Waals surface area contributed by atoms with E-state index in [1.807, 2.05) is 12.1 Å². The van der Waals surface area contributed by atoms with Gasteiger partial charge in [0.2, 0.25) is 0 Å². The molecule has 9 heteroatoms. The Morgan fingerprint density at radius 3 is 2.48 bits per heavy atom. The number of carboxylic acid groups (broad SMARTS) is 2. The summed E-state index contributed by atoms with van der Waals surface area (Å²) in [6.45, 7) is 3.22. The van der Waals surface area contributed by atoms with Gasteiger partial charge in [0.05, 0.1) is 0 Å². The van der Waals surface area contributed by atoms with Crippen LogP contribution in [-0.4, -0.2) is 62.8 Å². The molecule has 0 spiro atoms. The molecule has 1 amide bonds. The van der Waals surface area contributed by atoms with Gasteiger partial charge in [-0.1, -0.05) is 6.92 Å². The minimum Gasteiger partial charge on any atom is -0.473 e. The van der Waals surface area contributed by atoms with Crippen LogP contribution in [0.25, 0.3) is 10.9 Å². The van der Waals surface area contributed by atoms with Crippen molar-refractivity contribution in [1.82, 2.24) is 15.4 Å². The van der Waals surface area contributed by atoms with Crippen molar-refractivity contribution in [2.45, 2.75) is 32.2 Å². The van der Waals surface area contributed by atoms with E-state index in [9.17, 15) is 4.79 Å². The fourth-order valence-electron chi connectivity index (χ4n) is 3.24. The number of aromatic nitrogens is 1. The van der Waals surface area contributed by atoms with Gasteiger partial charge in [0.15, 0.2) is 0 Å². The number of carbonyl (C=O) groups is 3. The van der Waals surface area contributed by atoms with Gasteiger partial charge in [0.1, 0.15) is 0 Å². The molecule has 0 radical (unpaired) electrons. The van der Waals surface area contributed by atoms with Gasteiger partial charge in [-0.05, 0) is 56.6 Å². The van der Waals surface area contributed by atoms with E-state index in [1.54, 1.807) is 11.5 Å². The van der Waals surface area contributed by atoms with Gasteiger partial charge in [-0.25, -0.2) is 15.1 Å². The molecule has 0 aliphatic heterocycles. The summed E-state index contributed by atoms with van der Waals surface area (Å²) in [5.41, 5.74) is 5.84. The number of carbonyl (C=O) groups excluding carboxylic acids is 1. The summed E-state index contributed by atoms with van der Waals surface area (Å²) in [6, 6.07) is 6.06. The topological polar surface area (TPSA) is 143 Å². The zero-order chi connectivity index (χ0) is 20.1. The third kappa shape index (κ3) is 4.63. The van der Waals surface area contributed by atoms with Crippen molar-refractivity contribution in [3.05, 3.63) is 35.0 Å². The normalized spacial score (nSPS) is 15.6. The quantitative estimate of drug-likeness (QED) is 0.308. The fraction of sp³-hybridized carbons (Fsp3) is 0.389. The average molecular weight is 377 g/mol. The molecule has 146 valence electrons. The highest BCUT2D eigenvalue weighted by molar-refractivity contribution is 6.27. The Balaban J connectivity index is 0.000000380. The lowest BCUT2D eigenvalue weighted by molar-refractivity contribution is -0.159. The summed E-state index contributed by atoms with van der Waals surface area (Å²) >= 11 is 0. The monoisotopic (exact) mass is 377 g/mol. The number of amides is 1. The van der Waals surface area contributed by atoms with E-state index in [0.29, 0.717) is 11.6 Å². The molecule has 5 N–H and O–H groups in total. The van der Waals surface area contributed by atoms with Gasteiger partial charge in [0, 0.05) is 28.2 Å². The SMILES string of the molecule is CCN(C)C1CCc2[nH]c3ccc(C(=O)NO)cc3c2C1.O=C(O)C(=O)O. The van der Waals surface area contributed by atoms with Crippen LogP contribution in [0.3, 0.4) is 0 Å². The molecule has 3 rings (SSSR count). The Morgan fingerprint density at radius 1 is 1.26 bits per heavy atom. The summed E-state index contributed by atoms with van der Waals surface area (Å²) in [5, 5.41) is 24.7. The largest absolute Gasteiger partial charge is 0.473 e. The number of aryl methyl sites for hydroxylation is 1. The van der Waals surface area contributed by atoms with E-state index in [4.69, 9.17) is 25.0 Å². The second-order valence-corrected chi connectivity index (χ2v) is 6.36. The van der Waals surface area contributed by atoms with E-state index in [1.165, 1.54) is 11.3 Å². The molecule has 0 bridgehead atoms. The third-order valence-corrected chi connectivity index (χ3v) is 4.83.